The quantitative estimate of drug-likeness (QED) is 0.523. The van der Waals surface area contributed by atoms with E-state index in [0.717, 1.165) is 24.1 Å². The standard InChI is InChI=1S/C18H19N3O4/c1-2-25-17-9-8-12(11-16(17)21(23)24)18(22)20-10-4-5-13-14(19)6-3-7-15(13)20/h3,6-9,11H,2,4-5,10,19H2,1H3. The van der Waals surface area contributed by atoms with Crippen molar-refractivity contribution in [3.63, 3.8) is 0 Å². The number of nitro groups is 1. The van der Waals surface area contributed by atoms with Gasteiger partial charge < -0.3 is 15.4 Å². The van der Waals surface area contributed by atoms with Crippen LogP contribution in [0.3, 0.4) is 0 Å². The Balaban J connectivity index is 1.99. The summed E-state index contributed by atoms with van der Waals surface area (Å²) in [4.78, 5) is 25.3. The van der Waals surface area contributed by atoms with Crippen molar-refractivity contribution in [1.29, 1.82) is 0 Å². The van der Waals surface area contributed by atoms with Crippen LogP contribution in [0.2, 0.25) is 0 Å². The number of hydrogen-bond donors (Lipinski definition) is 1. The third-order valence-corrected chi connectivity index (χ3v) is 4.23. The molecule has 25 heavy (non-hydrogen) atoms. The third-order valence-electron chi connectivity index (χ3n) is 4.23. The molecule has 2 aromatic carbocycles. The van der Waals surface area contributed by atoms with Crippen LogP contribution in [0.15, 0.2) is 36.4 Å². The molecule has 1 aliphatic rings. The van der Waals surface area contributed by atoms with Crippen LogP contribution in [0.1, 0.15) is 29.3 Å². The molecular formula is C18H19N3O4. The van der Waals surface area contributed by atoms with E-state index >= 15 is 0 Å². The summed E-state index contributed by atoms with van der Waals surface area (Å²) >= 11 is 0. The average molecular weight is 341 g/mol. The van der Waals surface area contributed by atoms with Gasteiger partial charge in [0.2, 0.25) is 0 Å². The highest BCUT2D eigenvalue weighted by atomic mass is 16.6. The molecule has 1 heterocycles. The minimum absolute atomic E-state index is 0.160. The van der Waals surface area contributed by atoms with Crippen molar-refractivity contribution in [3.8, 4) is 5.75 Å². The molecule has 0 bridgehead atoms. The first-order valence-electron chi connectivity index (χ1n) is 8.13. The smallest absolute Gasteiger partial charge is 0.311 e. The first-order chi connectivity index (χ1) is 12.0. The molecule has 0 fully saturated rings. The predicted molar refractivity (Wildman–Crippen MR) is 95.1 cm³/mol. The third kappa shape index (κ3) is 3.13. The van der Waals surface area contributed by atoms with Gasteiger partial charge in [0.05, 0.1) is 11.5 Å². The van der Waals surface area contributed by atoms with E-state index in [-0.39, 0.29) is 22.9 Å². The highest BCUT2D eigenvalue weighted by Crippen LogP contribution is 2.34. The second-order valence-electron chi connectivity index (χ2n) is 5.78. The van der Waals surface area contributed by atoms with Crippen LogP contribution in [0.25, 0.3) is 0 Å². The largest absolute Gasteiger partial charge is 0.487 e. The van der Waals surface area contributed by atoms with Crippen molar-refractivity contribution in [2.45, 2.75) is 19.8 Å². The fourth-order valence-electron chi connectivity index (χ4n) is 3.09. The SMILES string of the molecule is CCOc1ccc(C(=O)N2CCCc3c(N)cccc32)cc1[N+](=O)[O-]. The minimum Gasteiger partial charge on any atom is -0.487 e. The zero-order valence-corrected chi connectivity index (χ0v) is 13.9. The Hall–Kier alpha value is -3.09. The zero-order chi connectivity index (χ0) is 18.0. The summed E-state index contributed by atoms with van der Waals surface area (Å²) in [6.45, 7) is 2.61. The number of rotatable bonds is 4. The Labute approximate surface area is 145 Å². The molecule has 0 unspecified atom stereocenters. The summed E-state index contributed by atoms with van der Waals surface area (Å²) in [5, 5.41) is 11.3. The monoisotopic (exact) mass is 341 g/mol. The fourth-order valence-corrected chi connectivity index (χ4v) is 3.09. The van der Waals surface area contributed by atoms with E-state index in [2.05, 4.69) is 0 Å². The number of nitro benzene ring substituents is 1. The van der Waals surface area contributed by atoms with Crippen LogP contribution >= 0.6 is 0 Å². The van der Waals surface area contributed by atoms with E-state index in [0.29, 0.717) is 18.8 Å². The molecular weight excluding hydrogens is 322 g/mol. The lowest BCUT2D eigenvalue weighted by Crippen LogP contribution is -2.35. The maximum Gasteiger partial charge on any atom is 0.311 e. The summed E-state index contributed by atoms with van der Waals surface area (Å²) in [6.07, 6.45) is 1.61. The van der Waals surface area contributed by atoms with Crippen LogP contribution < -0.4 is 15.4 Å². The molecule has 0 atom stereocenters. The molecule has 0 aromatic heterocycles. The van der Waals surface area contributed by atoms with Gasteiger partial charge in [0.1, 0.15) is 0 Å². The van der Waals surface area contributed by atoms with E-state index in [4.69, 9.17) is 10.5 Å². The molecule has 3 rings (SSSR count). The number of hydrogen-bond acceptors (Lipinski definition) is 5. The molecule has 130 valence electrons. The Morgan fingerprint density at radius 3 is 2.88 bits per heavy atom. The first-order valence-corrected chi connectivity index (χ1v) is 8.13. The first kappa shape index (κ1) is 16.8. The lowest BCUT2D eigenvalue weighted by Gasteiger charge is -2.30. The van der Waals surface area contributed by atoms with Gasteiger partial charge in [-0.15, -0.1) is 0 Å². The van der Waals surface area contributed by atoms with E-state index in [1.807, 2.05) is 12.1 Å². The fraction of sp³-hybridized carbons (Fsp3) is 0.278. The Bertz CT molecular complexity index is 835. The topological polar surface area (TPSA) is 98.7 Å². The zero-order valence-electron chi connectivity index (χ0n) is 13.9. The molecule has 0 spiro atoms. The number of nitrogens with zero attached hydrogens (tertiary/aromatic N) is 2. The summed E-state index contributed by atoms with van der Waals surface area (Å²) in [6, 6.07) is 9.77. The lowest BCUT2D eigenvalue weighted by molar-refractivity contribution is -0.385. The van der Waals surface area contributed by atoms with Gasteiger partial charge in [-0.2, -0.15) is 0 Å². The van der Waals surface area contributed by atoms with Gasteiger partial charge in [-0.3, -0.25) is 14.9 Å². The molecule has 1 aliphatic heterocycles. The molecule has 7 heteroatoms. The van der Waals surface area contributed by atoms with Crippen molar-refractivity contribution in [2.75, 3.05) is 23.8 Å². The Kier molecular flexibility index (Phi) is 4.56. The molecule has 7 nitrogen and oxygen atoms in total. The molecule has 0 aliphatic carbocycles. The number of carbonyl (C=O) groups excluding carboxylic acids is 1. The number of anilines is 2. The van der Waals surface area contributed by atoms with Crippen LogP contribution in [0.4, 0.5) is 17.1 Å². The highest BCUT2D eigenvalue weighted by Gasteiger charge is 2.27. The Morgan fingerprint density at radius 2 is 2.16 bits per heavy atom. The molecule has 0 saturated carbocycles. The number of fused-ring (bicyclic) bond motifs is 1. The maximum absolute atomic E-state index is 12.9. The van der Waals surface area contributed by atoms with Crippen LogP contribution in [0.5, 0.6) is 5.75 Å². The summed E-state index contributed by atoms with van der Waals surface area (Å²) in [5.74, 6) is -0.120. The number of nitrogen functional groups attached to an aromatic ring is 1. The van der Waals surface area contributed by atoms with Crippen LogP contribution in [-0.2, 0) is 6.42 Å². The molecule has 2 aromatic rings. The van der Waals surface area contributed by atoms with E-state index in [1.165, 1.54) is 12.1 Å². The van der Waals surface area contributed by atoms with Crippen molar-refractivity contribution in [2.24, 2.45) is 0 Å². The highest BCUT2D eigenvalue weighted by molar-refractivity contribution is 6.07. The predicted octanol–water partition coefficient (Wildman–Crippen LogP) is 3.17. The number of carbonyl (C=O) groups is 1. The summed E-state index contributed by atoms with van der Waals surface area (Å²) in [5.41, 5.74) is 8.44. The van der Waals surface area contributed by atoms with Crippen molar-refractivity contribution < 1.29 is 14.5 Å². The van der Waals surface area contributed by atoms with Crippen molar-refractivity contribution >= 4 is 23.0 Å². The van der Waals surface area contributed by atoms with E-state index in [1.54, 1.807) is 24.0 Å². The van der Waals surface area contributed by atoms with Gasteiger partial charge in [-0.1, -0.05) is 6.07 Å². The summed E-state index contributed by atoms with van der Waals surface area (Å²) in [7, 11) is 0. The normalized spacial score (nSPS) is 13.2. The van der Waals surface area contributed by atoms with Gasteiger partial charge in [0.15, 0.2) is 5.75 Å². The van der Waals surface area contributed by atoms with E-state index < -0.39 is 4.92 Å². The number of nitrogens with two attached hydrogens (primary N) is 1. The average Bonchev–Trinajstić information content (AvgIpc) is 2.61. The van der Waals surface area contributed by atoms with Gasteiger partial charge in [0, 0.05) is 29.5 Å². The van der Waals surface area contributed by atoms with Crippen LogP contribution in [0, 0.1) is 10.1 Å². The minimum atomic E-state index is -0.538. The van der Waals surface area contributed by atoms with Crippen LogP contribution in [-0.4, -0.2) is 24.0 Å². The van der Waals surface area contributed by atoms with Crippen molar-refractivity contribution in [3.05, 3.63) is 57.6 Å². The number of ether oxygens (including phenoxy) is 1. The lowest BCUT2D eigenvalue weighted by atomic mass is 9.99. The summed E-state index contributed by atoms with van der Waals surface area (Å²) < 4.78 is 5.27. The van der Waals surface area contributed by atoms with E-state index in [9.17, 15) is 14.9 Å². The molecule has 0 radical (unpaired) electrons. The second kappa shape index (κ2) is 6.80. The maximum atomic E-state index is 12.9. The second-order valence-corrected chi connectivity index (χ2v) is 5.78. The van der Waals surface area contributed by atoms with Gasteiger partial charge in [-0.05, 0) is 49.6 Å². The van der Waals surface area contributed by atoms with Gasteiger partial charge >= 0.3 is 5.69 Å². The molecule has 1 amide bonds. The molecule has 2 N–H and O–H groups in total. The molecule has 0 saturated heterocycles. The number of amides is 1. The Morgan fingerprint density at radius 1 is 1.36 bits per heavy atom. The van der Waals surface area contributed by atoms with Gasteiger partial charge in [0.25, 0.3) is 5.91 Å². The van der Waals surface area contributed by atoms with Crippen molar-refractivity contribution in [1.82, 2.24) is 0 Å². The number of benzene rings is 2. The van der Waals surface area contributed by atoms with Gasteiger partial charge in [-0.25, -0.2) is 0 Å².